The molecule has 6 heteroatoms. The first-order chi connectivity index (χ1) is 10.8. The van der Waals surface area contributed by atoms with Gasteiger partial charge >= 0.3 is 0 Å². The van der Waals surface area contributed by atoms with Crippen LogP contribution < -0.4 is 11.1 Å². The zero-order chi connectivity index (χ0) is 17.0. The Balaban J connectivity index is 0.00000288. The Bertz CT molecular complexity index is 584. The van der Waals surface area contributed by atoms with Crippen molar-refractivity contribution in [2.75, 3.05) is 6.54 Å². The Kier molecular flexibility index (Phi) is 7.24. The van der Waals surface area contributed by atoms with Crippen LogP contribution in [-0.2, 0) is 22.7 Å². The standard InChI is InChI=1S/C18H27N3O2.ClH/c1-18(2,3)16(19)17(23)20-11-13-6-4-7-14(10-13)12-21-9-5-8-15(21)22;/h4,6-7,10,16H,5,8-9,11-12,19H2,1-3H3,(H,20,23);1H/t16-;/m1./s1. The number of likely N-dealkylation sites (tertiary alicyclic amines) is 1. The Morgan fingerprint density at radius 2 is 2.00 bits per heavy atom. The van der Waals surface area contributed by atoms with Gasteiger partial charge in [-0.2, -0.15) is 0 Å². The van der Waals surface area contributed by atoms with Crippen LogP contribution in [0.15, 0.2) is 24.3 Å². The van der Waals surface area contributed by atoms with Crippen LogP contribution in [0.2, 0.25) is 0 Å². The van der Waals surface area contributed by atoms with E-state index in [0.717, 1.165) is 24.1 Å². The predicted octanol–water partition coefficient (Wildman–Crippen LogP) is 2.22. The minimum Gasteiger partial charge on any atom is -0.351 e. The quantitative estimate of drug-likeness (QED) is 0.852. The Morgan fingerprint density at radius 3 is 2.58 bits per heavy atom. The van der Waals surface area contributed by atoms with Crippen molar-refractivity contribution in [1.29, 1.82) is 0 Å². The normalized spacial score (nSPS) is 15.8. The predicted molar refractivity (Wildman–Crippen MR) is 97.6 cm³/mol. The van der Waals surface area contributed by atoms with Crippen molar-refractivity contribution in [2.45, 2.75) is 52.7 Å². The molecule has 134 valence electrons. The van der Waals surface area contributed by atoms with Crippen LogP contribution >= 0.6 is 12.4 Å². The van der Waals surface area contributed by atoms with Crippen molar-refractivity contribution >= 4 is 24.2 Å². The molecule has 2 rings (SSSR count). The highest BCUT2D eigenvalue weighted by Crippen LogP contribution is 2.18. The third-order valence-corrected chi connectivity index (χ3v) is 4.22. The van der Waals surface area contributed by atoms with Crippen molar-refractivity contribution < 1.29 is 9.59 Å². The molecule has 0 aliphatic carbocycles. The molecular formula is C18H28ClN3O2. The number of nitrogens with one attached hydrogen (secondary N) is 1. The third kappa shape index (κ3) is 5.49. The summed E-state index contributed by atoms with van der Waals surface area (Å²) in [5, 5.41) is 2.89. The first-order valence-corrected chi connectivity index (χ1v) is 8.16. The van der Waals surface area contributed by atoms with Gasteiger partial charge in [-0.3, -0.25) is 9.59 Å². The summed E-state index contributed by atoms with van der Waals surface area (Å²) in [5.41, 5.74) is 7.80. The molecule has 3 N–H and O–H groups in total. The maximum absolute atomic E-state index is 12.1. The Hall–Kier alpha value is -1.59. The van der Waals surface area contributed by atoms with Gasteiger partial charge in [0.15, 0.2) is 0 Å². The molecule has 0 spiro atoms. The monoisotopic (exact) mass is 353 g/mol. The molecule has 0 bridgehead atoms. The molecule has 1 fully saturated rings. The summed E-state index contributed by atoms with van der Waals surface area (Å²) >= 11 is 0. The fourth-order valence-electron chi connectivity index (χ4n) is 2.62. The zero-order valence-corrected chi connectivity index (χ0v) is 15.5. The summed E-state index contributed by atoms with van der Waals surface area (Å²) in [4.78, 5) is 25.7. The lowest BCUT2D eigenvalue weighted by Gasteiger charge is -2.25. The highest BCUT2D eigenvalue weighted by molar-refractivity contribution is 5.85. The van der Waals surface area contributed by atoms with Gasteiger partial charge < -0.3 is 16.0 Å². The van der Waals surface area contributed by atoms with Crippen molar-refractivity contribution in [3.8, 4) is 0 Å². The van der Waals surface area contributed by atoms with Gasteiger partial charge in [-0.15, -0.1) is 12.4 Å². The molecule has 1 aromatic rings. The van der Waals surface area contributed by atoms with Crippen LogP contribution in [0.4, 0.5) is 0 Å². The number of hydrogen-bond donors (Lipinski definition) is 2. The highest BCUT2D eigenvalue weighted by atomic mass is 35.5. The minimum absolute atomic E-state index is 0. The average Bonchev–Trinajstić information content (AvgIpc) is 2.89. The number of hydrogen-bond acceptors (Lipinski definition) is 3. The van der Waals surface area contributed by atoms with Gasteiger partial charge in [0.05, 0.1) is 6.04 Å². The van der Waals surface area contributed by atoms with Crippen LogP contribution in [0.3, 0.4) is 0 Å². The highest BCUT2D eigenvalue weighted by Gasteiger charge is 2.27. The summed E-state index contributed by atoms with van der Waals surface area (Å²) < 4.78 is 0. The number of nitrogens with zero attached hydrogens (tertiary/aromatic N) is 1. The summed E-state index contributed by atoms with van der Waals surface area (Å²) in [5.74, 6) is 0.0810. The lowest BCUT2D eigenvalue weighted by Crippen LogP contribution is -2.48. The number of nitrogens with two attached hydrogens (primary N) is 1. The van der Waals surface area contributed by atoms with Crippen LogP contribution in [0.1, 0.15) is 44.7 Å². The molecule has 1 saturated heterocycles. The van der Waals surface area contributed by atoms with E-state index in [2.05, 4.69) is 5.32 Å². The van der Waals surface area contributed by atoms with E-state index in [4.69, 9.17) is 5.73 Å². The smallest absolute Gasteiger partial charge is 0.237 e. The van der Waals surface area contributed by atoms with Crippen molar-refractivity contribution in [3.05, 3.63) is 35.4 Å². The lowest BCUT2D eigenvalue weighted by atomic mass is 9.87. The molecule has 0 radical (unpaired) electrons. The molecule has 2 amide bonds. The van der Waals surface area contributed by atoms with Gasteiger partial charge in [0, 0.05) is 26.1 Å². The maximum atomic E-state index is 12.1. The van der Waals surface area contributed by atoms with E-state index in [1.54, 1.807) is 0 Å². The summed E-state index contributed by atoms with van der Waals surface area (Å²) in [6.45, 7) is 7.77. The third-order valence-electron chi connectivity index (χ3n) is 4.22. The minimum atomic E-state index is -0.534. The number of carbonyl (C=O) groups is 2. The lowest BCUT2D eigenvalue weighted by molar-refractivity contribution is -0.128. The molecule has 1 atom stereocenters. The SMILES string of the molecule is CC(C)(C)[C@H](N)C(=O)NCc1cccc(CN2CCCC2=O)c1.Cl. The summed E-state index contributed by atoms with van der Waals surface area (Å²) in [7, 11) is 0. The van der Waals surface area contributed by atoms with Gasteiger partial charge in [0.2, 0.25) is 11.8 Å². The van der Waals surface area contributed by atoms with Gasteiger partial charge in [-0.25, -0.2) is 0 Å². The average molecular weight is 354 g/mol. The second-order valence-electron chi connectivity index (χ2n) is 7.30. The molecular weight excluding hydrogens is 326 g/mol. The second-order valence-corrected chi connectivity index (χ2v) is 7.30. The molecule has 0 aromatic heterocycles. The van der Waals surface area contributed by atoms with E-state index in [1.165, 1.54) is 0 Å². The largest absolute Gasteiger partial charge is 0.351 e. The number of benzene rings is 1. The Morgan fingerprint density at radius 1 is 1.33 bits per heavy atom. The zero-order valence-electron chi connectivity index (χ0n) is 14.7. The van der Waals surface area contributed by atoms with Crippen molar-refractivity contribution in [2.24, 2.45) is 11.1 Å². The van der Waals surface area contributed by atoms with Crippen LogP contribution in [0.25, 0.3) is 0 Å². The summed E-state index contributed by atoms with van der Waals surface area (Å²) in [6.07, 6.45) is 1.60. The van der Waals surface area contributed by atoms with E-state index in [1.807, 2.05) is 49.9 Å². The van der Waals surface area contributed by atoms with E-state index < -0.39 is 6.04 Å². The van der Waals surface area contributed by atoms with E-state index in [9.17, 15) is 9.59 Å². The number of rotatable bonds is 5. The summed E-state index contributed by atoms with van der Waals surface area (Å²) in [6, 6.07) is 7.44. The van der Waals surface area contributed by atoms with Crippen LogP contribution in [-0.4, -0.2) is 29.3 Å². The molecule has 1 aliphatic rings. The molecule has 0 unspecified atom stereocenters. The number of carbonyl (C=O) groups excluding carboxylic acids is 2. The molecule has 0 saturated carbocycles. The molecule has 1 heterocycles. The maximum Gasteiger partial charge on any atom is 0.237 e. The van der Waals surface area contributed by atoms with E-state index >= 15 is 0 Å². The first-order valence-electron chi connectivity index (χ1n) is 8.16. The second kappa shape index (κ2) is 8.49. The molecule has 1 aromatic carbocycles. The van der Waals surface area contributed by atoms with Crippen LogP contribution in [0.5, 0.6) is 0 Å². The van der Waals surface area contributed by atoms with Crippen molar-refractivity contribution in [1.82, 2.24) is 10.2 Å². The topological polar surface area (TPSA) is 75.4 Å². The fourth-order valence-corrected chi connectivity index (χ4v) is 2.62. The molecule has 5 nitrogen and oxygen atoms in total. The Labute approximate surface area is 150 Å². The van der Waals surface area contributed by atoms with Crippen LogP contribution in [0, 0.1) is 5.41 Å². The van der Waals surface area contributed by atoms with Gasteiger partial charge in [-0.05, 0) is 23.0 Å². The number of halogens is 1. The van der Waals surface area contributed by atoms with Crippen molar-refractivity contribution in [3.63, 3.8) is 0 Å². The first kappa shape index (κ1) is 20.5. The van der Waals surface area contributed by atoms with Gasteiger partial charge in [-0.1, -0.05) is 45.0 Å². The fraction of sp³-hybridized carbons (Fsp3) is 0.556. The van der Waals surface area contributed by atoms with E-state index in [-0.39, 0.29) is 29.6 Å². The number of amides is 2. The molecule has 1 aliphatic heterocycles. The van der Waals surface area contributed by atoms with Gasteiger partial charge in [0.1, 0.15) is 0 Å². The molecule has 24 heavy (non-hydrogen) atoms. The van der Waals surface area contributed by atoms with E-state index in [0.29, 0.717) is 19.5 Å². The van der Waals surface area contributed by atoms with Gasteiger partial charge in [0.25, 0.3) is 0 Å².